The van der Waals surface area contributed by atoms with Gasteiger partial charge in [0.2, 0.25) is 5.91 Å². The van der Waals surface area contributed by atoms with Crippen LogP contribution in [0.4, 0.5) is 4.39 Å². The van der Waals surface area contributed by atoms with E-state index in [0.29, 0.717) is 19.0 Å². The summed E-state index contributed by atoms with van der Waals surface area (Å²) in [6.45, 7) is 8.09. The molecule has 196 valence electrons. The number of Topliss-reactive ketones (excluding diaryl/α,β-unsaturated/α-hetero) is 1. The van der Waals surface area contributed by atoms with Gasteiger partial charge in [-0.2, -0.15) is 0 Å². The number of halogens is 1. The summed E-state index contributed by atoms with van der Waals surface area (Å²) in [6.07, 6.45) is 9.23. The van der Waals surface area contributed by atoms with Crippen molar-refractivity contribution in [3.8, 4) is 5.82 Å². The van der Waals surface area contributed by atoms with Crippen LogP contribution < -0.4 is 0 Å². The smallest absolute Gasteiger partial charge is 0.295 e. The average Bonchev–Trinajstić information content (AvgIpc) is 3.59. The molecule has 0 bridgehead atoms. The molecule has 4 heterocycles. The molecule has 5 rings (SSSR count). The fourth-order valence-corrected chi connectivity index (χ4v) is 5.62. The number of carbonyl (C=O) groups excluding carboxylic acids is 3. The Morgan fingerprint density at radius 3 is 2.32 bits per heavy atom. The molecule has 0 spiro atoms. The predicted molar refractivity (Wildman–Crippen MR) is 133 cm³/mol. The molecule has 1 aliphatic heterocycles. The topological polar surface area (TPSA) is 117 Å². The van der Waals surface area contributed by atoms with Crippen LogP contribution in [0.3, 0.4) is 0 Å². The summed E-state index contributed by atoms with van der Waals surface area (Å²) in [5.41, 5.74) is 0.447. The molecule has 3 aromatic rings. The number of aromatic nitrogens is 5. The maximum Gasteiger partial charge on any atom is 0.295 e. The van der Waals surface area contributed by atoms with Crippen LogP contribution in [0.25, 0.3) is 16.7 Å². The summed E-state index contributed by atoms with van der Waals surface area (Å²) in [7, 11) is 0. The third-order valence-electron chi connectivity index (χ3n) is 7.90. The first-order chi connectivity index (χ1) is 17.6. The molecule has 0 unspecified atom stereocenters. The second kappa shape index (κ2) is 9.68. The van der Waals surface area contributed by atoms with E-state index in [1.807, 2.05) is 4.90 Å². The van der Waals surface area contributed by atoms with Crippen LogP contribution >= 0.6 is 0 Å². The first kappa shape index (κ1) is 25.0. The van der Waals surface area contributed by atoms with Gasteiger partial charge in [0.1, 0.15) is 0 Å². The lowest BCUT2D eigenvalue weighted by Crippen LogP contribution is -2.53. The van der Waals surface area contributed by atoms with E-state index in [-0.39, 0.29) is 52.6 Å². The average molecular weight is 510 g/mol. The molecular weight excluding hydrogens is 477 g/mol. The number of aromatic amines is 1. The lowest BCUT2D eigenvalue weighted by molar-refractivity contribution is -0.141. The van der Waals surface area contributed by atoms with Crippen molar-refractivity contribution < 1.29 is 18.8 Å². The predicted octanol–water partition coefficient (Wildman–Crippen LogP) is 2.99. The Hall–Kier alpha value is -3.63. The van der Waals surface area contributed by atoms with Crippen LogP contribution in [0.1, 0.15) is 56.8 Å². The van der Waals surface area contributed by atoms with Crippen molar-refractivity contribution in [2.45, 2.75) is 46.5 Å². The largest absolute Gasteiger partial charge is 0.357 e. The van der Waals surface area contributed by atoms with Crippen molar-refractivity contribution in [3.63, 3.8) is 0 Å². The van der Waals surface area contributed by atoms with E-state index in [1.165, 1.54) is 22.0 Å². The minimum atomic E-state index is -0.804. The lowest BCUT2D eigenvalue weighted by atomic mass is 9.69. The first-order valence-corrected chi connectivity index (χ1v) is 12.8. The number of amides is 2. The number of nitrogens with one attached hydrogen (secondary N) is 1. The van der Waals surface area contributed by atoms with E-state index < -0.39 is 17.5 Å². The molecule has 0 radical (unpaired) electrons. The highest BCUT2D eigenvalue weighted by molar-refractivity contribution is 6.45. The maximum atomic E-state index is 14.7. The number of nitrogens with zero attached hydrogens (tertiary/aromatic N) is 6. The zero-order valence-corrected chi connectivity index (χ0v) is 21.4. The van der Waals surface area contributed by atoms with E-state index in [1.54, 1.807) is 6.20 Å². The molecule has 11 heteroatoms. The van der Waals surface area contributed by atoms with Gasteiger partial charge in [-0.05, 0) is 37.0 Å². The number of rotatable bonds is 4. The number of H-pyrrole nitrogens is 1. The minimum Gasteiger partial charge on any atom is -0.357 e. The summed E-state index contributed by atoms with van der Waals surface area (Å²) in [6, 6.07) is 0. The van der Waals surface area contributed by atoms with Crippen LogP contribution in [-0.4, -0.2) is 78.5 Å². The van der Waals surface area contributed by atoms with Crippen molar-refractivity contribution in [1.29, 1.82) is 0 Å². The van der Waals surface area contributed by atoms with E-state index in [4.69, 9.17) is 0 Å². The number of carbonyl (C=O) groups is 3. The van der Waals surface area contributed by atoms with Gasteiger partial charge in [-0.25, -0.2) is 14.1 Å². The molecule has 37 heavy (non-hydrogen) atoms. The maximum absolute atomic E-state index is 14.7. The fourth-order valence-electron chi connectivity index (χ4n) is 5.62. The summed E-state index contributed by atoms with van der Waals surface area (Å²) < 4.78 is 16.1. The Kier molecular flexibility index (Phi) is 6.55. The molecule has 0 atom stereocenters. The van der Waals surface area contributed by atoms with Crippen LogP contribution in [0.2, 0.25) is 0 Å². The van der Waals surface area contributed by atoms with E-state index in [2.05, 4.69) is 41.1 Å². The Morgan fingerprint density at radius 2 is 1.70 bits per heavy atom. The van der Waals surface area contributed by atoms with Gasteiger partial charge in [0.25, 0.3) is 11.7 Å². The first-order valence-electron chi connectivity index (χ1n) is 12.8. The molecule has 2 amide bonds. The standard InChI is InChI=1S/C26H32FN7O3/c1-26(2,3)17-6-4-16(5-7-17)24(36)32-10-12-33(13-11-32)25(37)22(35)18-14-28-21-20(18)19(27)15-29-23(21)34-9-8-30-31-34/h8-9,14-17,28H,4-7,10-13H2,1-3H3. The van der Waals surface area contributed by atoms with E-state index in [9.17, 15) is 18.8 Å². The van der Waals surface area contributed by atoms with Crippen molar-refractivity contribution >= 4 is 28.5 Å². The monoisotopic (exact) mass is 509 g/mol. The zero-order valence-electron chi connectivity index (χ0n) is 21.4. The van der Waals surface area contributed by atoms with Crippen LogP contribution in [-0.2, 0) is 9.59 Å². The van der Waals surface area contributed by atoms with Crippen molar-refractivity contribution in [2.75, 3.05) is 26.2 Å². The minimum absolute atomic E-state index is 0.0153. The summed E-state index contributed by atoms with van der Waals surface area (Å²) in [4.78, 5) is 49.5. The van der Waals surface area contributed by atoms with E-state index >= 15 is 0 Å². The molecule has 1 aliphatic carbocycles. The Labute approximate surface area is 214 Å². The number of hydrogen-bond donors (Lipinski definition) is 1. The van der Waals surface area contributed by atoms with Gasteiger partial charge in [0.15, 0.2) is 11.6 Å². The highest BCUT2D eigenvalue weighted by atomic mass is 19.1. The zero-order chi connectivity index (χ0) is 26.3. The lowest BCUT2D eigenvalue weighted by Gasteiger charge is -2.40. The van der Waals surface area contributed by atoms with Gasteiger partial charge >= 0.3 is 0 Å². The van der Waals surface area contributed by atoms with Gasteiger partial charge in [0.05, 0.1) is 35.1 Å². The van der Waals surface area contributed by atoms with Crippen molar-refractivity contribution in [1.82, 2.24) is 34.8 Å². The quantitative estimate of drug-likeness (QED) is 0.427. The molecule has 2 fully saturated rings. The van der Waals surface area contributed by atoms with Gasteiger partial charge < -0.3 is 14.8 Å². The highest BCUT2D eigenvalue weighted by Crippen LogP contribution is 2.40. The second-order valence-corrected chi connectivity index (χ2v) is 11.1. The van der Waals surface area contributed by atoms with Gasteiger partial charge in [-0.3, -0.25) is 14.4 Å². The number of pyridine rings is 1. The van der Waals surface area contributed by atoms with Crippen LogP contribution in [0, 0.1) is 23.1 Å². The molecule has 1 saturated carbocycles. The van der Waals surface area contributed by atoms with Crippen LogP contribution in [0.15, 0.2) is 24.8 Å². The number of ketones is 1. The highest BCUT2D eigenvalue weighted by Gasteiger charge is 2.36. The van der Waals surface area contributed by atoms with Gasteiger partial charge in [-0.1, -0.05) is 26.0 Å². The van der Waals surface area contributed by atoms with Crippen molar-refractivity contribution in [2.24, 2.45) is 17.3 Å². The Morgan fingerprint density at radius 1 is 1.03 bits per heavy atom. The number of fused-ring (bicyclic) bond motifs is 1. The second-order valence-electron chi connectivity index (χ2n) is 11.1. The van der Waals surface area contributed by atoms with Gasteiger partial charge in [-0.15, -0.1) is 5.10 Å². The number of hydrogen-bond acceptors (Lipinski definition) is 6. The normalized spacial score (nSPS) is 20.9. The Bertz CT molecular complexity index is 1310. The Balaban J connectivity index is 1.23. The molecule has 3 aromatic heterocycles. The third kappa shape index (κ3) is 4.74. The fraction of sp³-hybridized carbons (Fsp3) is 0.538. The molecule has 1 N–H and O–H groups in total. The van der Waals surface area contributed by atoms with Gasteiger partial charge in [0, 0.05) is 38.3 Å². The SMILES string of the molecule is CC(C)(C)C1CCC(C(=O)N2CCN(C(=O)C(=O)c3c[nH]c4c(-n5ccnn5)ncc(F)c34)CC2)CC1. The molecule has 1 saturated heterocycles. The van der Waals surface area contributed by atoms with Crippen LogP contribution in [0.5, 0.6) is 0 Å². The number of piperazine rings is 1. The molecule has 10 nitrogen and oxygen atoms in total. The van der Waals surface area contributed by atoms with Crippen molar-refractivity contribution in [3.05, 3.63) is 36.2 Å². The molecule has 2 aliphatic rings. The van der Waals surface area contributed by atoms with E-state index in [0.717, 1.165) is 31.9 Å². The third-order valence-corrected chi connectivity index (χ3v) is 7.90. The molecular formula is C26H32FN7O3. The summed E-state index contributed by atoms with van der Waals surface area (Å²) in [5, 5.41) is 7.58. The molecule has 0 aromatic carbocycles. The summed E-state index contributed by atoms with van der Waals surface area (Å²) in [5.74, 6) is -1.15. The summed E-state index contributed by atoms with van der Waals surface area (Å²) >= 11 is 0.